The van der Waals surface area contributed by atoms with Crippen molar-refractivity contribution >= 4 is 43.7 Å². The van der Waals surface area contributed by atoms with Gasteiger partial charge in [-0.2, -0.15) is 10.4 Å². The lowest BCUT2D eigenvalue weighted by atomic mass is 10.1. The van der Waals surface area contributed by atoms with Gasteiger partial charge in [-0.1, -0.05) is 0 Å². The summed E-state index contributed by atoms with van der Waals surface area (Å²) in [7, 11) is -3.16. The third-order valence-corrected chi connectivity index (χ3v) is 7.47. The van der Waals surface area contributed by atoms with Crippen molar-refractivity contribution in [3.63, 3.8) is 0 Å². The zero-order valence-electron chi connectivity index (χ0n) is 14.4. The van der Waals surface area contributed by atoms with Crippen LogP contribution in [0.3, 0.4) is 0 Å². The monoisotopic (exact) mass is 394 g/mol. The zero-order valence-corrected chi connectivity index (χ0v) is 16.0. The Labute approximate surface area is 155 Å². The van der Waals surface area contributed by atoms with Gasteiger partial charge in [0.25, 0.3) is 5.91 Å². The summed E-state index contributed by atoms with van der Waals surface area (Å²) in [6.45, 7) is 3.69. The molecule has 2 aliphatic rings. The standard InChI is InChI=1S/C16H18N4O4S2/c1-9-10(2)25-16(12(9)7-17)18-15(22)13-3-4-14(21)20(19-13)11-5-6-26(23,24)8-11/h11H,3-6,8H2,1-2H3,(H,18,22)/t11-/m1/s1. The number of nitrogens with zero attached hydrogens (tertiary/aromatic N) is 3. The van der Waals surface area contributed by atoms with Gasteiger partial charge in [-0.25, -0.2) is 13.4 Å². The molecule has 1 saturated heterocycles. The lowest BCUT2D eigenvalue weighted by Gasteiger charge is -2.27. The molecule has 1 N–H and O–H groups in total. The molecule has 10 heteroatoms. The van der Waals surface area contributed by atoms with Gasteiger partial charge in [0.05, 0.1) is 23.1 Å². The molecule has 1 aromatic rings. The van der Waals surface area contributed by atoms with E-state index < -0.39 is 21.8 Å². The Kier molecular flexibility index (Phi) is 4.86. The molecule has 8 nitrogen and oxygen atoms in total. The maximum absolute atomic E-state index is 12.5. The highest BCUT2D eigenvalue weighted by atomic mass is 32.2. The Morgan fingerprint density at radius 3 is 2.73 bits per heavy atom. The van der Waals surface area contributed by atoms with Crippen molar-refractivity contribution in [3.8, 4) is 6.07 Å². The average molecular weight is 394 g/mol. The van der Waals surface area contributed by atoms with Crippen molar-refractivity contribution in [3.05, 3.63) is 16.0 Å². The maximum atomic E-state index is 12.5. The molecular weight excluding hydrogens is 376 g/mol. The van der Waals surface area contributed by atoms with E-state index in [4.69, 9.17) is 0 Å². The van der Waals surface area contributed by atoms with Crippen LogP contribution in [0.1, 0.15) is 35.3 Å². The summed E-state index contributed by atoms with van der Waals surface area (Å²) >= 11 is 1.31. The quantitative estimate of drug-likeness (QED) is 0.829. The molecule has 1 atom stereocenters. The highest BCUT2D eigenvalue weighted by molar-refractivity contribution is 7.91. The number of carbonyl (C=O) groups is 2. The minimum absolute atomic E-state index is 0.0256. The number of amides is 2. The molecule has 2 amide bonds. The summed E-state index contributed by atoms with van der Waals surface area (Å²) in [5.74, 6) is -0.845. The van der Waals surface area contributed by atoms with Crippen molar-refractivity contribution in [1.82, 2.24) is 5.01 Å². The summed E-state index contributed by atoms with van der Waals surface area (Å²) in [6.07, 6.45) is 0.622. The predicted molar refractivity (Wildman–Crippen MR) is 97.7 cm³/mol. The van der Waals surface area contributed by atoms with Crippen LogP contribution in [-0.4, -0.2) is 48.5 Å². The van der Waals surface area contributed by atoms with E-state index in [1.165, 1.54) is 11.3 Å². The van der Waals surface area contributed by atoms with Gasteiger partial charge in [-0.15, -0.1) is 11.3 Å². The molecule has 0 aromatic carbocycles. The predicted octanol–water partition coefficient (Wildman–Crippen LogP) is 1.34. The molecule has 3 rings (SSSR count). The number of hydrogen-bond acceptors (Lipinski definition) is 7. The van der Waals surface area contributed by atoms with Crippen LogP contribution in [0, 0.1) is 25.2 Å². The largest absolute Gasteiger partial charge is 0.311 e. The van der Waals surface area contributed by atoms with Crippen molar-refractivity contribution in [2.24, 2.45) is 5.10 Å². The van der Waals surface area contributed by atoms with Gasteiger partial charge in [-0.3, -0.25) is 9.59 Å². The normalized spacial score (nSPS) is 22.0. The maximum Gasteiger partial charge on any atom is 0.272 e. The first kappa shape index (κ1) is 18.5. The first-order valence-corrected chi connectivity index (χ1v) is 10.8. The van der Waals surface area contributed by atoms with Gasteiger partial charge in [0.1, 0.15) is 16.8 Å². The number of nitrogens with one attached hydrogen (secondary N) is 1. The van der Waals surface area contributed by atoms with Gasteiger partial charge in [0.2, 0.25) is 5.91 Å². The van der Waals surface area contributed by atoms with E-state index in [0.29, 0.717) is 17.0 Å². The number of carbonyl (C=O) groups excluding carboxylic acids is 2. The third-order valence-electron chi connectivity index (χ3n) is 4.60. The van der Waals surface area contributed by atoms with Crippen molar-refractivity contribution in [2.75, 3.05) is 16.8 Å². The lowest BCUT2D eigenvalue weighted by Crippen LogP contribution is -2.42. The summed E-state index contributed by atoms with van der Waals surface area (Å²) in [5, 5.41) is 17.7. The minimum Gasteiger partial charge on any atom is -0.311 e. The number of hydrogen-bond donors (Lipinski definition) is 1. The lowest BCUT2D eigenvalue weighted by molar-refractivity contribution is -0.133. The van der Waals surface area contributed by atoms with E-state index in [-0.39, 0.29) is 36.0 Å². The number of nitriles is 1. The molecule has 1 fully saturated rings. The fourth-order valence-corrected chi connectivity index (χ4v) is 5.71. The Bertz CT molecular complexity index is 956. The van der Waals surface area contributed by atoms with E-state index in [1.807, 2.05) is 13.8 Å². The van der Waals surface area contributed by atoms with Crippen LogP contribution >= 0.6 is 11.3 Å². The van der Waals surface area contributed by atoms with Crippen molar-refractivity contribution in [2.45, 2.75) is 39.2 Å². The summed E-state index contributed by atoms with van der Waals surface area (Å²) in [4.78, 5) is 25.6. The molecule has 0 saturated carbocycles. The van der Waals surface area contributed by atoms with Gasteiger partial charge < -0.3 is 5.32 Å². The number of thiophene rings is 1. The number of sulfone groups is 1. The molecule has 138 valence electrons. The number of anilines is 1. The van der Waals surface area contributed by atoms with Crippen LogP contribution in [-0.2, 0) is 19.4 Å². The second-order valence-electron chi connectivity index (χ2n) is 6.40. The molecular formula is C16H18N4O4S2. The first-order valence-electron chi connectivity index (χ1n) is 8.13. The average Bonchev–Trinajstić information content (AvgIpc) is 3.07. The van der Waals surface area contributed by atoms with E-state index in [0.717, 1.165) is 15.4 Å². The van der Waals surface area contributed by atoms with Gasteiger partial charge in [0.15, 0.2) is 9.84 Å². The zero-order chi connectivity index (χ0) is 19.1. The van der Waals surface area contributed by atoms with Crippen LogP contribution in [0.15, 0.2) is 5.10 Å². The number of hydrazone groups is 1. The number of rotatable bonds is 3. The highest BCUT2D eigenvalue weighted by Crippen LogP contribution is 2.32. The topological polar surface area (TPSA) is 120 Å². The summed E-state index contributed by atoms with van der Waals surface area (Å²) in [5.41, 5.74) is 1.42. The molecule has 2 aliphatic heterocycles. The van der Waals surface area contributed by atoms with E-state index >= 15 is 0 Å². The fourth-order valence-electron chi connectivity index (χ4n) is 3.01. The van der Waals surface area contributed by atoms with Crippen LogP contribution in [0.25, 0.3) is 0 Å². The molecule has 0 aliphatic carbocycles. The summed E-state index contributed by atoms with van der Waals surface area (Å²) in [6, 6.07) is 1.57. The minimum atomic E-state index is -3.16. The molecule has 26 heavy (non-hydrogen) atoms. The SMILES string of the molecule is Cc1sc(NC(=O)C2=NN([C@@H]3CCS(=O)(=O)C3)C(=O)CC2)c(C#N)c1C. The second kappa shape index (κ2) is 6.81. The Balaban J connectivity index is 1.81. The van der Waals surface area contributed by atoms with Gasteiger partial charge >= 0.3 is 0 Å². The Morgan fingerprint density at radius 1 is 1.38 bits per heavy atom. The van der Waals surface area contributed by atoms with Crippen molar-refractivity contribution in [1.29, 1.82) is 5.26 Å². The molecule has 0 radical (unpaired) electrons. The second-order valence-corrected chi connectivity index (χ2v) is 9.85. The highest BCUT2D eigenvalue weighted by Gasteiger charge is 2.37. The molecule has 0 bridgehead atoms. The van der Waals surface area contributed by atoms with Crippen LogP contribution < -0.4 is 5.32 Å². The Hall–Kier alpha value is -2.25. The van der Waals surface area contributed by atoms with Crippen LogP contribution in [0.4, 0.5) is 5.00 Å². The van der Waals surface area contributed by atoms with E-state index in [1.54, 1.807) is 0 Å². The third kappa shape index (κ3) is 3.50. The first-order chi connectivity index (χ1) is 12.2. The summed E-state index contributed by atoms with van der Waals surface area (Å²) < 4.78 is 23.3. The van der Waals surface area contributed by atoms with Crippen molar-refractivity contribution < 1.29 is 18.0 Å². The van der Waals surface area contributed by atoms with Gasteiger partial charge in [0, 0.05) is 17.7 Å². The molecule has 0 spiro atoms. The van der Waals surface area contributed by atoms with Crippen LogP contribution in [0.2, 0.25) is 0 Å². The van der Waals surface area contributed by atoms with Gasteiger partial charge in [-0.05, 0) is 25.8 Å². The number of aryl methyl sites for hydroxylation is 1. The molecule has 0 unspecified atom stereocenters. The molecule has 1 aromatic heterocycles. The molecule has 3 heterocycles. The smallest absolute Gasteiger partial charge is 0.272 e. The van der Waals surface area contributed by atoms with Crippen LogP contribution in [0.5, 0.6) is 0 Å². The van der Waals surface area contributed by atoms with E-state index in [2.05, 4.69) is 16.5 Å². The Morgan fingerprint density at radius 2 is 2.12 bits per heavy atom. The fraction of sp³-hybridized carbons (Fsp3) is 0.500. The van der Waals surface area contributed by atoms with E-state index in [9.17, 15) is 23.3 Å².